The number of benzene rings is 2. The van der Waals surface area contributed by atoms with Crippen LogP contribution in [0.1, 0.15) is 88.0 Å². The van der Waals surface area contributed by atoms with Gasteiger partial charge >= 0.3 is 0 Å². The molecule has 0 N–H and O–H groups in total. The molecule has 0 spiro atoms. The van der Waals surface area contributed by atoms with Crippen LogP contribution in [0.5, 0.6) is 0 Å². The highest BCUT2D eigenvalue weighted by molar-refractivity contribution is 6.99. The van der Waals surface area contributed by atoms with Gasteiger partial charge in [0, 0.05) is 12.0 Å². The van der Waals surface area contributed by atoms with E-state index in [2.05, 4.69) is 123 Å². The van der Waals surface area contributed by atoms with Crippen LogP contribution in [0, 0.1) is 28.6 Å². The third-order valence-electron chi connectivity index (χ3n) is 10.00. The van der Waals surface area contributed by atoms with E-state index in [1.807, 2.05) is 0 Å². The van der Waals surface area contributed by atoms with Gasteiger partial charge in [0.1, 0.15) is 6.29 Å². The van der Waals surface area contributed by atoms with Gasteiger partial charge in [-0.15, -0.1) is 0 Å². The Hall–Kier alpha value is -1.71. The Kier molecular flexibility index (Phi) is 8.78. The van der Waals surface area contributed by atoms with Crippen molar-refractivity contribution in [2.75, 3.05) is 0 Å². The molecule has 1 saturated carbocycles. The molecule has 0 aromatic heterocycles. The summed E-state index contributed by atoms with van der Waals surface area (Å²) >= 11 is 0. The van der Waals surface area contributed by atoms with E-state index in [4.69, 9.17) is 4.43 Å². The quantitative estimate of drug-likeness (QED) is 0.244. The number of hydrogen-bond acceptors (Lipinski definition) is 2. The molecule has 0 unspecified atom stereocenters. The minimum atomic E-state index is -2.59. The molecular formula is C33H50O2Si. The Morgan fingerprint density at radius 2 is 1.42 bits per heavy atom. The SMILES string of the molecule is CC(C)[C@H](CC[C@H](C)[C@@]1(C)CC[C@@H](C=O)C1(C)C)O[Si](c1ccccc1)(c1ccccc1)C(C)(C)C. The molecule has 2 nitrogen and oxygen atoms in total. The van der Waals surface area contributed by atoms with Gasteiger partial charge in [-0.05, 0) is 63.8 Å². The van der Waals surface area contributed by atoms with Gasteiger partial charge in [0.2, 0.25) is 0 Å². The van der Waals surface area contributed by atoms with Gasteiger partial charge in [0.25, 0.3) is 8.32 Å². The molecule has 0 saturated heterocycles. The fourth-order valence-corrected chi connectivity index (χ4v) is 11.7. The highest BCUT2D eigenvalue weighted by atomic mass is 28.4. The van der Waals surface area contributed by atoms with Crippen molar-refractivity contribution >= 4 is 25.0 Å². The van der Waals surface area contributed by atoms with Crippen molar-refractivity contribution in [2.45, 2.75) is 99.1 Å². The predicted molar refractivity (Wildman–Crippen MR) is 156 cm³/mol. The molecule has 36 heavy (non-hydrogen) atoms. The van der Waals surface area contributed by atoms with Crippen LogP contribution in [0.25, 0.3) is 0 Å². The van der Waals surface area contributed by atoms with Gasteiger partial charge in [0.15, 0.2) is 0 Å². The molecule has 0 heterocycles. The third kappa shape index (κ3) is 5.16. The highest BCUT2D eigenvalue weighted by Crippen LogP contribution is 2.59. The summed E-state index contributed by atoms with van der Waals surface area (Å²) in [6, 6.07) is 22.0. The van der Waals surface area contributed by atoms with E-state index >= 15 is 0 Å². The summed E-state index contributed by atoms with van der Waals surface area (Å²) in [6.45, 7) is 21.2. The normalized spacial score (nSPS) is 24.0. The zero-order chi connectivity index (χ0) is 26.8. The van der Waals surface area contributed by atoms with Crippen LogP contribution in [0.15, 0.2) is 60.7 Å². The summed E-state index contributed by atoms with van der Waals surface area (Å²) in [5, 5.41) is 2.67. The molecule has 1 fully saturated rings. The second-order valence-corrected chi connectivity index (χ2v) is 17.7. The van der Waals surface area contributed by atoms with Crippen molar-refractivity contribution in [3.8, 4) is 0 Å². The minimum absolute atomic E-state index is 0.0228. The Morgan fingerprint density at radius 3 is 1.81 bits per heavy atom. The van der Waals surface area contributed by atoms with Crippen LogP contribution in [0.2, 0.25) is 5.04 Å². The first kappa shape index (κ1) is 28.9. The molecule has 0 aliphatic heterocycles. The average Bonchev–Trinajstić information content (AvgIpc) is 3.08. The van der Waals surface area contributed by atoms with Crippen LogP contribution in [0.3, 0.4) is 0 Å². The second kappa shape index (κ2) is 11.0. The summed E-state index contributed by atoms with van der Waals surface area (Å²) in [4.78, 5) is 11.8. The maximum absolute atomic E-state index is 11.8. The first-order valence-corrected chi connectivity index (χ1v) is 16.0. The number of hydrogen-bond donors (Lipinski definition) is 0. The van der Waals surface area contributed by atoms with Gasteiger partial charge in [-0.1, -0.05) is 123 Å². The maximum Gasteiger partial charge on any atom is 0.261 e. The van der Waals surface area contributed by atoms with Crippen molar-refractivity contribution in [3.05, 3.63) is 60.7 Å². The first-order chi connectivity index (χ1) is 16.8. The first-order valence-electron chi connectivity index (χ1n) is 14.1. The van der Waals surface area contributed by atoms with Gasteiger partial charge < -0.3 is 9.22 Å². The van der Waals surface area contributed by atoms with Crippen LogP contribution >= 0.6 is 0 Å². The Balaban J connectivity index is 1.95. The zero-order valence-corrected chi connectivity index (χ0v) is 25.3. The van der Waals surface area contributed by atoms with Crippen molar-refractivity contribution in [2.24, 2.45) is 28.6 Å². The summed E-state index contributed by atoms with van der Waals surface area (Å²) in [5.41, 5.74) is 0.192. The smallest absolute Gasteiger partial charge is 0.261 e. The molecule has 0 bridgehead atoms. The molecule has 1 aliphatic carbocycles. The molecule has 198 valence electrons. The highest BCUT2D eigenvalue weighted by Gasteiger charge is 2.54. The summed E-state index contributed by atoms with van der Waals surface area (Å²) in [6.07, 6.45) is 5.69. The van der Waals surface area contributed by atoms with E-state index in [-0.39, 0.29) is 27.9 Å². The van der Waals surface area contributed by atoms with E-state index in [0.29, 0.717) is 11.8 Å². The zero-order valence-electron chi connectivity index (χ0n) is 24.3. The molecule has 3 rings (SSSR count). The van der Waals surface area contributed by atoms with Crippen LogP contribution in [-0.2, 0) is 9.22 Å². The molecular weight excluding hydrogens is 456 g/mol. The van der Waals surface area contributed by atoms with Crippen LogP contribution in [-0.4, -0.2) is 20.7 Å². The molecule has 0 radical (unpaired) electrons. The summed E-state index contributed by atoms with van der Waals surface area (Å²) < 4.78 is 7.56. The van der Waals surface area contributed by atoms with E-state index in [1.165, 1.54) is 16.7 Å². The van der Waals surface area contributed by atoms with E-state index in [9.17, 15) is 4.79 Å². The van der Waals surface area contributed by atoms with Crippen molar-refractivity contribution in [3.63, 3.8) is 0 Å². The molecule has 4 atom stereocenters. The molecule has 3 heteroatoms. The Morgan fingerprint density at radius 1 is 0.917 bits per heavy atom. The summed E-state index contributed by atoms with van der Waals surface area (Å²) in [7, 11) is -2.59. The molecule has 1 aliphatic rings. The maximum atomic E-state index is 11.8. The van der Waals surface area contributed by atoms with Gasteiger partial charge in [-0.25, -0.2) is 0 Å². The van der Waals surface area contributed by atoms with Gasteiger partial charge in [0.05, 0.1) is 0 Å². The average molecular weight is 507 g/mol. The number of rotatable bonds is 10. The van der Waals surface area contributed by atoms with Gasteiger partial charge in [-0.2, -0.15) is 0 Å². The fourth-order valence-electron chi connectivity index (χ4n) is 6.86. The van der Waals surface area contributed by atoms with Crippen molar-refractivity contribution in [1.82, 2.24) is 0 Å². The number of carbonyl (C=O) groups excluding carboxylic acids is 1. The van der Waals surface area contributed by atoms with E-state index < -0.39 is 8.32 Å². The monoisotopic (exact) mass is 506 g/mol. The predicted octanol–water partition coefficient (Wildman–Crippen LogP) is 7.65. The lowest BCUT2D eigenvalue weighted by molar-refractivity contribution is -0.115. The Labute approximate surface area is 222 Å². The fraction of sp³-hybridized carbons (Fsp3) is 0.606. The number of carbonyl (C=O) groups is 1. The summed E-state index contributed by atoms with van der Waals surface area (Å²) in [5.74, 6) is 1.12. The van der Waals surface area contributed by atoms with E-state index in [0.717, 1.165) is 25.7 Å². The molecule has 2 aromatic rings. The van der Waals surface area contributed by atoms with E-state index in [1.54, 1.807) is 0 Å². The molecule has 0 amide bonds. The number of aldehydes is 1. The lowest BCUT2D eigenvalue weighted by Gasteiger charge is -2.47. The minimum Gasteiger partial charge on any atom is -0.404 e. The lowest BCUT2D eigenvalue weighted by atomic mass is 9.59. The second-order valence-electron chi connectivity index (χ2n) is 13.5. The van der Waals surface area contributed by atoms with Crippen LogP contribution in [0.4, 0.5) is 0 Å². The topological polar surface area (TPSA) is 26.3 Å². The van der Waals surface area contributed by atoms with Gasteiger partial charge in [-0.3, -0.25) is 0 Å². The standard InChI is InChI=1S/C33H50O2Si/c1-25(2)30(21-20-26(3)33(9)23-22-27(24-34)32(33,7)8)35-36(31(4,5)6,28-16-12-10-13-17-28)29-18-14-11-15-19-29/h10-19,24-27,30H,20-23H2,1-9H3/t26-,27-,30-,33+/m0/s1. The largest absolute Gasteiger partial charge is 0.404 e. The Bertz CT molecular complexity index is 936. The molecule has 2 aromatic carbocycles. The van der Waals surface area contributed by atoms with Crippen molar-refractivity contribution in [1.29, 1.82) is 0 Å². The van der Waals surface area contributed by atoms with Crippen molar-refractivity contribution < 1.29 is 9.22 Å². The third-order valence-corrected chi connectivity index (χ3v) is 15.1. The lowest BCUT2D eigenvalue weighted by Crippen LogP contribution is -2.68. The van der Waals surface area contributed by atoms with Crippen LogP contribution < -0.4 is 10.4 Å².